The van der Waals surface area contributed by atoms with Gasteiger partial charge in [0.25, 0.3) is 0 Å². The summed E-state index contributed by atoms with van der Waals surface area (Å²) in [5, 5.41) is 120. The van der Waals surface area contributed by atoms with Crippen molar-refractivity contribution in [1.29, 1.82) is 0 Å². The van der Waals surface area contributed by atoms with Crippen molar-refractivity contribution in [3.8, 4) is 0 Å². The Labute approximate surface area is 448 Å². The third-order valence-electron chi connectivity index (χ3n) is 14.8. The molecule has 3 rings (SSSR count). The Hall–Kier alpha value is -1.73. The number of allylic oxidation sites excluding steroid dienone is 3. The van der Waals surface area contributed by atoms with E-state index < -0.39 is 124 Å². The van der Waals surface area contributed by atoms with E-state index in [1.807, 2.05) is 6.08 Å². The van der Waals surface area contributed by atoms with E-state index in [0.29, 0.717) is 12.8 Å². The Morgan fingerprint density at radius 3 is 1.33 bits per heavy atom. The molecule has 19 nitrogen and oxygen atoms in total. The number of rotatable bonds is 42. The number of carbonyl (C=O) groups is 1. The highest BCUT2D eigenvalue weighted by molar-refractivity contribution is 5.76. The number of hydrogen-bond acceptors (Lipinski definition) is 18. The van der Waals surface area contributed by atoms with Crippen LogP contribution < -0.4 is 5.32 Å². The van der Waals surface area contributed by atoms with Gasteiger partial charge in [-0.3, -0.25) is 4.79 Å². The number of ether oxygens (including phenoxy) is 6. The maximum Gasteiger partial charge on any atom is 0.220 e. The van der Waals surface area contributed by atoms with Crippen LogP contribution in [0, 0.1) is 0 Å². The number of unbranched alkanes of at least 4 members (excludes halogenated alkanes) is 24. The standard InChI is InChI=1S/C56H103NO18/c1-3-5-7-9-11-13-15-16-17-18-19-20-21-22-23-24-26-28-30-32-34-44(62)57-39(40(61)33-31-29-27-25-14-12-10-8-6-4-2)38-70-54-50(68)47(65)52(42(36-59)72-54)75-56-51(69)48(66)53(43(37-60)73-56)74-55-49(67)46(64)45(63)41(35-58)71-55/h14,25,31,33,39-43,45-56,58-61,63-69H,3-13,15-24,26-30,32,34-38H2,1-2H3,(H,57,62)/b25-14+,33-31+. The normalized spacial score (nSPS) is 31.3. The minimum atomic E-state index is -1.98. The Morgan fingerprint density at radius 1 is 0.467 bits per heavy atom. The molecule has 12 N–H and O–H groups in total. The largest absolute Gasteiger partial charge is 0.394 e. The van der Waals surface area contributed by atoms with E-state index in [-0.39, 0.29) is 18.9 Å². The molecule has 0 bridgehead atoms. The topological polar surface area (TPSA) is 307 Å². The van der Waals surface area contributed by atoms with Gasteiger partial charge in [-0.15, -0.1) is 0 Å². The summed E-state index contributed by atoms with van der Waals surface area (Å²) in [6.45, 7) is 1.66. The molecule has 19 heteroatoms. The van der Waals surface area contributed by atoms with E-state index >= 15 is 0 Å². The Bertz CT molecular complexity index is 1480. The van der Waals surface area contributed by atoms with Crippen LogP contribution >= 0.6 is 0 Å². The maximum absolute atomic E-state index is 13.3. The second-order valence-corrected chi connectivity index (χ2v) is 21.1. The van der Waals surface area contributed by atoms with E-state index in [1.54, 1.807) is 6.08 Å². The van der Waals surface area contributed by atoms with Gasteiger partial charge in [0.05, 0.1) is 38.6 Å². The number of aliphatic hydroxyl groups excluding tert-OH is 11. The first-order valence-electron chi connectivity index (χ1n) is 29.1. The highest BCUT2D eigenvalue weighted by atomic mass is 16.8. The third kappa shape index (κ3) is 25.1. The van der Waals surface area contributed by atoms with Gasteiger partial charge in [-0.1, -0.05) is 179 Å². The molecule has 3 fully saturated rings. The molecule has 0 aromatic rings. The summed E-state index contributed by atoms with van der Waals surface area (Å²) in [5.74, 6) is -0.286. The van der Waals surface area contributed by atoms with Gasteiger partial charge in [-0.05, 0) is 32.1 Å². The molecule has 3 aliphatic rings. The highest BCUT2D eigenvalue weighted by Crippen LogP contribution is 2.33. The predicted octanol–water partition coefficient (Wildman–Crippen LogP) is 4.37. The van der Waals surface area contributed by atoms with Crippen LogP contribution in [-0.4, -0.2) is 193 Å². The van der Waals surface area contributed by atoms with Gasteiger partial charge in [0.15, 0.2) is 18.9 Å². The highest BCUT2D eigenvalue weighted by Gasteiger charge is 2.53. The molecule has 0 radical (unpaired) electrons. The molecule has 0 saturated carbocycles. The minimum Gasteiger partial charge on any atom is -0.394 e. The molecule has 440 valence electrons. The second-order valence-electron chi connectivity index (χ2n) is 21.1. The van der Waals surface area contributed by atoms with Gasteiger partial charge in [-0.2, -0.15) is 0 Å². The third-order valence-corrected chi connectivity index (χ3v) is 14.8. The second kappa shape index (κ2) is 40.4. The van der Waals surface area contributed by atoms with Crippen LogP contribution in [-0.2, 0) is 33.2 Å². The molecule has 17 atom stereocenters. The van der Waals surface area contributed by atoms with Crippen LogP contribution in [0.4, 0.5) is 0 Å². The summed E-state index contributed by atoms with van der Waals surface area (Å²) in [6.07, 6.45) is 13.3. The van der Waals surface area contributed by atoms with Crippen molar-refractivity contribution < 1.29 is 89.4 Å². The molecule has 0 spiro atoms. The van der Waals surface area contributed by atoms with E-state index in [4.69, 9.17) is 28.4 Å². The van der Waals surface area contributed by atoms with Crippen molar-refractivity contribution in [2.24, 2.45) is 0 Å². The summed E-state index contributed by atoms with van der Waals surface area (Å²) in [7, 11) is 0. The minimum absolute atomic E-state index is 0.239. The van der Waals surface area contributed by atoms with Crippen molar-refractivity contribution in [2.75, 3.05) is 26.4 Å². The smallest absolute Gasteiger partial charge is 0.220 e. The van der Waals surface area contributed by atoms with Crippen molar-refractivity contribution >= 4 is 5.91 Å². The van der Waals surface area contributed by atoms with E-state index in [0.717, 1.165) is 38.5 Å². The van der Waals surface area contributed by atoms with E-state index in [9.17, 15) is 61.0 Å². The number of carbonyl (C=O) groups excluding carboxylic acids is 1. The number of nitrogens with one attached hydrogen (secondary N) is 1. The zero-order valence-corrected chi connectivity index (χ0v) is 45.5. The van der Waals surface area contributed by atoms with Gasteiger partial charge >= 0.3 is 0 Å². The van der Waals surface area contributed by atoms with Crippen molar-refractivity contribution in [2.45, 2.75) is 298 Å². The average Bonchev–Trinajstić information content (AvgIpc) is 3.41. The Morgan fingerprint density at radius 2 is 0.853 bits per heavy atom. The van der Waals surface area contributed by atoms with Crippen LogP contribution in [0.5, 0.6) is 0 Å². The number of amides is 1. The van der Waals surface area contributed by atoms with E-state index in [2.05, 4.69) is 31.3 Å². The van der Waals surface area contributed by atoms with Crippen LogP contribution in [0.1, 0.15) is 194 Å². The molecular formula is C56H103NO18. The van der Waals surface area contributed by atoms with Crippen LogP contribution in [0.25, 0.3) is 0 Å². The first-order valence-corrected chi connectivity index (χ1v) is 29.1. The fraction of sp³-hybridized carbons (Fsp3) is 0.911. The number of hydrogen-bond donors (Lipinski definition) is 12. The Balaban J connectivity index is 1.48. The molecule has 17 unspecified atom stereocenters. The van der Waals surface area contributed by atoms with E-state index in [1.165, 1.54) is 122 Å². The van der Waals surface area contributed by atoms with Gasteiger partial charge in [0.2, 0.25) is 5.91 Å². The van der Waals surface area contributed by atoms with Crippen molar-refractivity contribution in [3.63, 3.8) is 0 Å². The summed E-state index contributed by atoms with van der Waals surface area (Å²) >= 11 is 0. The lowest BCUT2D eigenvalue weighted by Gasteiger charge is -2.48. The fourth-order valence-corrected chi connectivity index (χ4v) is 9.91. The lowest BCUT2D eigenvalue weighted by Crippen LogP contribution is -2.66. The first kappa shape index (κ1) is 67.5. The molecule has 3 aliphatic heterocycles. The molecule has 3 saturated heterocycles. The average molecular weight is 1080 g/mol. The van der Waals surface area contributed by atoms with Crippen molar-refractivity contribution in [1.82, 2.24) is 5.32 Å². The van der Waals surface area contributed by atoms with Gasteiger partial charge in [0, 0.05) is 6.42 Å². The monoisotopic (exact) mass is 1080 g/mol. The van der Waals surface area contributed by atoms with Gasteiger partial charge in [-0.25, -0.2) is 0 Å². The van der Waals surface area contributed by atoms with Crippen molar-refractivity contribution in [3.05, 3.63) is 24.3 Å². The molecule has 3 heterocycles. The summed E-state index contributed by atoms with van der Waals surface area (Å²) in [6, 6.07) is -0.983. The molecule has 0 aliphatic carbocycles. The van der Waals surface area contributed by atoms with Crippen LogP contribution in [0.2, 0.25) is 0 Å². The Kier molecular flexibility index (Phi) is 36.4. The van der Waals surface area contributed by atoms with Crippen LogP contribution in [0.15, 0.2) is 24.3 Å². The van der Waals surface area contributed by atoms with Gasteiger partial charge in [0.1, 0.15) is 73.2 Å². The lowest BCUT2D eigenvalue weighted by atomic mass is 9.96. The molecule has 0 aromatic heterocycles. The molecular weight excluding hydrogens is 975 g/mol. The fourth-order valence-electron chi connectivity index (χ4n) is 9.91. The number of aliphatic hydroxyl groups is 11. The maximum atomic E-state index is 13.3. The zero-order chi connectivity index (χ0) is 54.8. The summed E-state index contributed by atoms with van der Waals surface area (Å²) in [5.41, 5.74) is 0. The molecule has 1 amide bonds. The lowest BCUT2D eigenvalue weighted by molar-refractivity contribution is -0.379. The van der Waals surface area contributed by atoms with Gasteiger partial charge < -0.3 is 89.9 Å². The predicted molar refractivity (Wildman–Crippen MR) is 282 cm³/mol. The molecule has 0 aromatic carbocycles. The SMILES string of the molecule is CCCCCC/C=C/CC/C=C/C(O)C(COC1OC(CO)C(OC2OC(CO)C(OC3OC(CO)C(O)C(O)C3O)C(O)C2O)C(O)C1O)NC(=O)CCCCCCCCCCCCCCCCCCCCCC. The molecule has 75 heavy (non-hydrogen) atoms. The summed E-state index contributed by atoms with van der Waals surface area (Å²) < 4.78 is 34.1. The van der Waals surface area contributed by atoms with Crippen LogP contribution in [0.3, 0.4) is 0 Å². The quantitative estimate of drug-likeness (QED) is 0.0298. The first-order chi connectivity index (χ1) is 36.3. The summed E-state index contributed by atoms with van der Waals surface area (Å²) in [4.78, 5) is 13.3. The zero-order valence-electron chi connectivity index (χ0n) is 45.5.